The van der Waals surface area contributed by atoms with Gasteiger partial charge in [0.1, 0.15) is 12.3 Å². The van der Waals surface area contributed by atoms with E-state index < -0.39 is 21.6 Å². The monoisotopic (exact) mass is 401 g/mol. The molecule has 0 saturated heterocycles. The van der Waals surface area contributed by atoms with Crippen LogP contribution in [0.15, 0.2) is 70.6 Å². The third-order valence-corrected chi connectivity index (χ3v) is 5.73. The number of anilines is 1. The molecule has 9 heteroatoms. The maximum absolute atomic E-state index is 12.7. The Morgan fingerprint density at radius 1 is 1.11 bits per heavy atom. The van der Waals surface area contributed by atoms with E-state index in [0.717, 1.165) is 16.3 Å². The van der Waals surface area contributed by atoms with Crippen molar-refractivity contribution in [3.63, 3.8) is 0 Å². The van der Waals surface area contributed by atoms with Gasteiger partial charge in [-0.05, 0) is 31.2 Å². The molecule has 3 aromatic rings. The number of benzene rings is 2. The second-order valence-electron chi connectivity index (χ2n) is 6.10. The summed E-state index contributed by atoms with van der Waals surface area (Å²) in [5, 5.41) is 2.64. The van der Waals surface area contributed by atoms with Gasteiger partial charge in [0.05, 0.1) is 12.0 Å². The number of amides is 1. The summed E-state index contributed by atoms with van der Waals surface area (Å²) in [4.78, 5) is 24.7. The Balaban J connectivity index is 1.80. The van der Waals surface area contributed by atoms with Crippen molar-refractivity contribution in [2.24, 2.45) is 0 Å². The van der Waals surface area contributed by atoms with Crippen LogP contribution in [0, 0.1) is 6.92 Å². The minimum atomic E-state index is -4.03. The molecule has 8 nitrogen and oxygen atoms in total. The molecule has 28 heavy (non-hydrogen) atoms. The lowest BCUT2D eigenvalue weighted by molar-refractivity contribution is -0.116. The van der Waals surface area contributed by atoms with E-state index >= 15 is 0 Å². The fraction of sp³-hybridized carbons (Fsp3) is 0.158. The van der Waals surface area contributed by atoms with Gasteiger partial charge >= 0.3 is 5.69 Å². The molecule has 1 N–H and O–H groups in total. The van der Waals surface area contributed by atoms with Gasteiger partial charge in [0.15, 0.2) is 0 Å². The first-order chi connectivity index (χ1) is 13.3. The van der Waals surface area contributed by atoms with Crippen molar-refractivity contribution in [2.45, 2.75) is 18.4 Å². The van der Waals surface area contributed by atoms with E-state index in [2.05, 4.69) is 5.32 Å². The van der Waals surface area contributed by atoms with E-state index in [1.165, 1.54) is 25.4 Å². The summed E-state index contributed by atoms with van der Waals surface area (Å²) in [6.07, 6.45) is 2.40. The van der Waals surface area contributed by atoms with E-state index in [-0.39, 0.29) is 11.4 Å². The second-order valence-corrected chi connectivity index (χ2v) is 7.92. The topological polar surface area (TPSA) is 99.4 Å². The molecule has 0 aliphatic rings. The molecule has 0 unspecified atom stereocenters. The van der Waals surface area contributed by atoms with Crippen molar-refractivity contribution >= 4 is 21.6 Å². The number of hydrogen-bond donors (Lipinski definition) is 1. The average molecular weight is 401 g/mol. The van der Waals surface area contributed by atoms with Gasteiger partial charge in [-0.15, -0.1) is 0 Å². The van der Waals surface area contributed by atoms with Crippen molar-refractivity contribution in [3.8, 4) is 5.75 Å². The summed E-state index contributed by atoms with van der Waals surface area (Å²) in [7, 11) is -2.52. The number of rotatable bonds is 6. The highest BCUT2D eigenvalue weighted by Gasteiger charge is 2.21. The highest BCUT2D eigenvalue weighted by molar-refractivity contribution is 7.90. The number of nitrogens with zero attached hydrogens (tertiary/aromatic N) is 2. The minimum absolute atomic E-state index is 0.00113. The van der Waals surface area contributed by atoms with Crippen molar-refractivity contribution in [2.75, 3.05) is 12.4 Å². The molecule has 0 atom stereocenters. The lowest BCUT2D eigenvalue weighted by Crippen LogP contribution is -2.32. The SMILES string of the molecule is COc1cccc(NC(=O)Cn2ccn(S(=O)(=O)c3ccc(C)cc3)c2=O)c1. The molecule has 0 spiro atoms. The second kappa shape index (κ2) is 7.73. The van der Waals surface area contributed by atoms with E-state index in [1.807, 2.05) is 6.92 Å². The van der Waals surface area contributed by atoms with Gasteiger partial charge in [-0.3, -0.25) is 9.36 Å². The molecular formula is C19H19N3O5S. The number of aromatic nitrogens is 2. The number of hydrogen-bond acceptors (Lipinski definition) is 5. The molecule has 0 fully saturated rings. The summed E-state index contributed by atoms with van der Waals surface area (Å²) in [6, 6.07) is 12.9. The predicted octanol–water partition coefficient (Wildman–Crippen LogP) is 1.84. The fourth-order valence-electron chi connectivity index (χ4n) is 2.58. The van der Waals surface area contributed by atoms with Crippen molar-refractivity contribution < 1.29 is 17.9 Å². The molecule has 2 aromatic carbocycles. The number of imidazole rings is 1. The molecule has 146 valence electrons. The first kappa shape index (κ1) is 19.4. The van der Waals surface area contributed by atoms with Gasteiger partial charge in [0.25, 0.3) is 10.0 Å². The van der Waals surface area contributed by atoms with Crippen LogP contribution in [0.4, 0.5) is 5.69 Å². The van der Waals surface area contributed by atoms with Gasteiger partial charge in [0.2, 0.25) is 5.91 Å². The average Bonchev–Trinajstić information content (AvgIpc) is 3.03. The summed E-state index contributed by atoms with van der Waals surface area (Å²) >= 11 is 0. The largest absolute Gasteiger partial charge is 0.497 e. The zero-order valence-electron chi connectivity index (χ0n) is 15.3. The lowest BCUT2D eigenvalue weighted by atomic mass is 10.2. The summed E-state index contributed by atoms with van der Waals surface area (Å²) in [5.41, 5.74) is 0.587. The minimum Gasteiger partial charge on any atom is -0.497 e. The van der Waals surface area contributed by atoms with E-state index in [0.29, 0.717) is 15.4 Å². The van der Waals surface area contributed by atoms with Crippen LogP contribution in [0.25, 0.3) is 0 Å². The van der Waals surface area contributed by atoms with Crippen LogP contribution in [-0.4, -0.2) is 30.0 Å². The Hall–Kier alpha value is -3.33. The molecule has 0 aliphatic heterocycles. The fourth-order valence-corrected chi connectivity index (χ4v) is 3.81. The number of aryl methyl sites for hydroxylation is 1. The zero-order valence-corrected chi connectivity index (χ0v) is 16.1. The molecular weight excluding hydrogens is 382 g/mol. The smallest absolute Gasteiger partial charge is 0.342 e. The van der Waals surface area contributed by atoms with Crippen LogP contribution in [0.5, 0.6) is 5.75 Å². The number of carbonyl (C=O) groups excluding carboxylic acids is 1. The first-order valence-electron chi connectivity index (χ1n) is 8.35. The van der Waals surface area contributed by atoms with Crippen molar-refractivity contribution in [1.82, 2.24) is 8.54 Å². The van der Waals surface area contributed by atoms with Crippen LogP contribution in [-0.2, 0) is 21.4 Å². The number of ether oxygens (including phenoxy) is 1. The molecule has 1 aromatic heterocycles. The molecule has 1 amide bonds. The van der Waals surface area contributed by atoms with Crippen molar-refractivity contribution in [1.29, 1.82) is 0 Å². The summed E-state index contributed by atoms with van der Waals surface area (Å²) in [6.45, 7) is 1.51. The predicted molar refractivity (Wildman–Crippen MR) is 104 cm³/mol. The highest BCUT2D eigenvalue weighted by Crippen LogP contribution is 2.17. The van der Waals surface area contributed by atoms with Crippen LogP contribution >= 0.6 is 0 Å². The molecule has 3 rings (SSSR count). The van der Waals surface area contributed by atoms with Crippen LogP contribution in [0.2, 0.25) is 0 Å². The molecule has 0 radical (unpaired) electrons. The standard InChI is InChI=1S/C19H19N3O5S/c1-14-6-8-17(9-7-14)28(25,26)22-11-10-21(19(22)24)13-18(23)20-15-4-3-5-16(12-15)27-2/h3-12H,13H2,1-2H3,(H,20,23). The molecule has 0 aliphatic carbocycles. The Kier molecular flexibility index (Phi) is 5.36. The zero-order chi connectivity index (χ0) is 20.3. The quantitative estimate of drug-likeness (QED) is 0.679. The van der Waals surface area contributed by atoms with Crippen LogP contribution in [0.1, 0.15) is 5.56 Å². The van der Waals surface area contributed by atoms with E-state index in [1.54, 1.807) is 36.4 Å². The Labute approximate surface area is 162 Å². The maximum atomic E-state index is 12.7. The Morgan fingerprint density at radius 2 is 1.82 bits per heavy atom. The maximum Gasteiger partial charge on any atom is 0.342 e. The summed E-state index contributed by atoms with van der Waals surface area (Å²) < 4.78 is 32.1. The van der Waals surface area contributed by atoms with Gasteiger partial charge in [0, 0.05) is 24.1 Å². The van der Waals surface area contributed by atoms with Gasteiger partial charge in [-0.25, -0.2) is 13.2 Å². The third kappa shape index (κ3) is 3.99. The molecule has 0 saturated carbocycles. The van der Waals surface area contributed by atoms with Gasteiger partial charge in [-0.2, -0.15) is 3.97 Å². The van der Waals surface area contributed by atoms with Gasteiger partial charge in [-0.1, -0.05) is 23.8 Å². The van der Waals surface area contributed by atoms with E-state index in [9.17, 15) is 18.0 Å². The van der Waals surface area contributed by atoms with E-state index in [4.69, 9.17) is 4.74 Å². The highest BCUT2D eigenvalue weighted by atomic mass is 32.2. The first-order valence-corrected chi connectivity index (χ1v) is 9.79. The van der Waals surface area contributed by atoms with Crippen LogP contribution < -0.4 is 15.7 Å². The number of nitrogens with one attached hydrogen (secondary N) is 1. The normalized spacial score (nSPS) is 11.2. The Morgan fingerprint density at radius 3 is 2.50 bits per heavy atom. The number of carbonyl (C=O) groups is 1. The van der Waals surface area contributed by atoms with Crippen molar-refractivity contribution in [3.05, 3.63) is 77.0 Å². The van der Waals surface area contributed by atoms with Crippen LogP contribution in [0.3, 0.4) is 0 Å². The lowest BCUT2D eigenvalue weighted by Gasteiger charge is -2.07. The Bertz CT molecular complexity index is 1160. The van der Waals surface area contributed by atoms with Gasteiger partial charge < -0.3 is 10.1 Å². The molecule has 1 heterocycles. The third-order valence-electron chi connectivity index (χ3n) is 4.06. The molecule has 0 bridgehead atoms. The number of methoxy groups -OCH3 is 1. The summed E-state index contributed by atoms with van der Waals surface area (Å²) in [5.74, 6) is 0.103.